The third kappa shape index (κ3) is 5.43. The molecule has 4 amide bonds. The first kappa shape index (κ1) is 24.6. The number of benzene rings is 2. The standard InChI is InChI=1S/C25H24BrN3O6/c1-14-5-10-19-20(11-14)24(33)29(23(19)32)18-4-2-3-16(12-18)25(34)35-13-21(30)27-28-22(31)15-6-8-17(26)9-7-15/h2-4,6-9,12,14,19-20H,5,10-11,13H2,1H3,(H,27,30)(H,28,31)/t14-,19-,20+/m1/s1. The molecule has 0 unspecified atom stereocenters. The van der Waals surface area contributed by atoms with E-state index in [0.717, 1.165) is 15.8 Å². The highest BCUT2D eigenvalue weighted by Crippen LogP contribution is 2.42. The Bertz CT molecular complexity index is 1180. The van der Waals surface area contributed by atoms with Crippen molar-refractivity contribution in [1.29, 1.82) is 0 Å². The van der Waals surface area contributed by atoms with E-state index in [2.05, 4.69) is 33.7 Å². The number of amides is 4. The summed E-state index contributed by atoms with van der Waals surface area (Å²) >= 11 is 3.27. The predicted molar refractivity (Wildman–Crippen MR) is 129 cm³/mol. The van der Waals surface area contributed by atoms with Crippen molar-refractivity contribution in [2.24, 2.45) is 17.8 Å². The summed E-state index contributed by atoms with van der Waals surface area (Å²) in [5.41, 5.74) is 5.15. The van der Waals surface area contributed by atoms with Crippen LogP contribution in [0.1, 0.15) is 46.9 Å². The summed E-state index contributed by atoms with van der Waals surface area (Å²) < 4.78 is 5.83. The van der Waals surface area contributed by atoms with Gasteiger partial charge in [0.1, 0.15) is 0 Å². The number of halogens is 1. The quantitative estimate of drug-likeness (QED) is 0.341. The number of imide groups is 1. The molecule has 0 bridgehead atoms. The van der Waals surface area contributed by atoms with E-state index in [-0.39, 0.29) is 29.2 Å². The minimum absolute atomic E-state index is 0.0954. The van der Waals surface area contributed by atoms with Gasteiger partial charge in [0.05, 0.1) is 23.1 Å². The first-order valence-electron chi connectivity index (χ1n) is 11.2. The number of carbonyl (C=O) groups excluding carboxylic acids is 5. The lowest BCUT2D eigenvalue weighted by Crippen LogP contribution is -2.43. The predicted octanol–water partition coefficient (Wildman–Crippen LogP) is 2.99. The van der Waals surface area contributed by atoms with Crippen LogP contribution in [0.3, 0.4) is 0 Å². The van der Waals surface area contributed by atoms with Crippen molar-refractivity contribution in [3.63, 3.8) is 0 Å². The molecule has 0 radical (unpaired) electrons. The Labute approximate surface area is 210 Å². The highest BCUT2D eigenvalue weighted by molar-refractivity contribution is 9.10. The topological polar surface area (TPSA) is 122 Å². The molecular weight excluding hydrogens is 518 g/mol. The average Bonchev–Trinajstić information content (AvgIpc) is 3.10. The van der Waals surface area contributed by atoms with Gasteiger partial charge in [-0.2, -0.15) is 0 Å². The van der Waals surface area contributed by atoms with Gasteiger partial charge in [0.25, 0.3) is 11.8 Å². The third-order valence-corrected chi connectivity index (χ3v) is 6.81. The second-order valence-corrected chi connectivity index (χ2v) is 9.69. The molecule has 1 saturated carbocycles. The van der Waals surface area contributed by atoms with E-state index in [4.69, 9.17) is 4.74 Å². The zero-order valence-corrected chi connectivity index (χ0v) is 20.5. The van der Waals surface area contributed by atoms with Crippen molar-refractivity contribution in [3.05, 3.63) is 64.1 Å². The van der Waals surface area contributed by atoms with Crippen molar-refractivity contribution in [2.45, 2.75) is 26.2 Å². The van der Waals surface area contributed by atoms with Crippen molar-refractivity contribution >= 4 is 51.2 Å². The first-order chi connectivity index (χ1) is 16.7. The van der Waals surface area contributed by atoms with Crippen molar-refractivity contribution in [1.82, 2.24) is 10.9 Å². The lowest BCUT2D eigenvalue weighted by atomic mass is 9.76. The summed E-state index contributed by atoms with van der Waals surface area (Å²) in [6.07, 6.45) is 2.27. The Morgan fingerprint density at radius 2 is 1.69 bits per heavy atom. The van der Waals surface area contributed by atoms with E-state index >= 15 is 0 Å². The molecule has 4 rings (SSSR count). The molecule has 1 aliphatic heterocycles. The van der Waals surface area contributed by atoms with E-state index in [1.54, 1.807) is 36.4 Å². The second-order valence-electron chi connectivity index (χ2n) is 8.78. The van der Waals surface area contributed by atoms with E-state index < -0.39 is 24.4 Å². The monoisotopic (exact) mass is 541 g/mol. The molecule has 182 valence electrons. The van der Waals surface area contributed by atoms with Crippen LogP contribution in [0.25, 0.3) is 0 Å². The Hall–Kier alpha value is -3.53. The van der Waals surface area contributed by atoms with Gasteiger partial charge in [-0.25, -0.2) is 4.79 Å². The van der Waals surface area contributed by atoms with Crippen LogP contribution in [-0.2, 0) is 19.1 Å². The SMILES string of the molecule is C[C@@H]1CC[C@H]2C(=O)N(c3cccc(C(=O)OCC(=O)NNC(=O)c4ccc(Br)cc4)c3)C(=O)[C@H]2C1. The maximum absolute atomic E-state index is 12.9. The largest absolute Gasteiger partial charge is 0.452 e. The molecule has 1 heterocycles. The zero-order chi connectivity index (χ0) is 25.1. The number of ether oxygens (including phenoxy) is 1. The summed E-state index contributed by atoms with van der Waals surface area (Å²) in [5.74, 6) is -2.78. The maximum Gasteiger partial charge on any atom is 0.338 e. The van der Waals surface area contributed by atoms with Gasteiger partial charge in [-0.3, -0.25) is 34.9 Å². The van der Waals surface area contributed by atoms with Gasteiger partial charge >= 0.3 is 5.97 Å². The highest BCUT2D eigenvalue weighted by atomic mass is 79.9. The Balaban J connectivity index is 1.33. The molecule has 1 saturated heterocycles. The van der Waals surface area contributed by atoms with E-state index in [0.29, 0.717) is 30.0 Å². The summed E-state index contributed by atoms with van der Waals surface area (Å²) in [7, 11) is 0. The van der Waals surface area contributed by atoms with Gasteiger partial charge in [0.15, 0.2) is 6.61 Å². The Morgan fingerprint density at radius 1 is 0.971 bits per heavy atom. The number of hydrazine groups is 1. The average molecular weight is 542 g/mol. The molecule has 0 spiro atoms. The molecule has 2 aromatic carbocycles. The molecule has 3 atom stereocenters. The summed E-state index contributed by atoms with van der Waals surface area (Å²) in [4.78, 5) is 63.5. The molecule has 0 aromatic heterocycles. The molecular formula is C25H24BrN3O6. The number of carbonyl (C=O) groups is 5. The second kappa shape index (κ2) is 10.4. The molecule has 2 aromatic rings. The summed E-state index contributed by atoms with van der Waals surface area (Å²) in [5, 5.41) is 0. The fraction of sp³-hybridized carbons (Fsp3) is 0.320. The number of esters is 1. The van der Waals surface area contributed by atoms with Gasteiger partial charge in [-0.15, -0.1) is 0 Å². The lowest BCUT2D eigenvalue weighted by molar-refractivity contribution is -0.125. The lowest BCUT2D eigenvalue weighted by Gasteiger charge is -2.25. The van der Waals surface area contributed by atoms with Crippen LogP contribution >= 0.6 is 15.9 Å². The smallest absolute Gasteiger partial charge is 0.338 e. The summed E-state index contributed by atoms with van der Waals surface area (Å²) in [6.45, 7) is 1.45. The van der Waals surface area contributed by atoms with Crippen LogP contribution < -0.4 is 15.8 Å². The van der Waals surface area contributed by atoms with Crippen molar-refractivity contribution in [2.75, 3.05) is 11.5 Å². The maximum atomic E-state index is 12.9. The van der Waals surface area contributed by atoms with E-state index in [9.17, 15) is 24.0 Å². The summed E-state index contributed by atoms with van der Waals surface area (Å²) in [6, 6.07) is 12.5. The van der Waals surface area contributed by atoms with Crippen LogP contribution in [0.4, 0.5) is 5.69 Å². The van der Waals surface area contributed by atoms with Crippen LogP contribution in [0.15, 0.2) is 53.0 Å². The van der Waals surface area contributed by atoms with Crippen molar-refractivity contribution in [3.8, 4) is 0 Å². The van der Waals surface area contributed by atoms with E-state index in [1.807, 2.05) is 0 Å². The normalized spacial score (nSPS) is 21.3. The van der Waals surface area contributed by atoms with Crippen LogP contribution in [0, 0.1) is 17.8 Å². The molecule has 1 aliphatic carbocycles. The number of fused-ring (bicyclic) bond motifs is 1. The van der Waals surface area contributed by atoms with Gasteiger partial charge < -0.3 is 4.74 Å². The zero-order valence-electron chi connectivity index (χ0n) is 19.0. The number of hydrogen-bond acceptors (Lipinski definition) is 6. The van der Waals surface area contributed by atoms with Crippen LogP contribution in [0.5, 0.6) is 0 Å². The van der Waals surface area contributed by atoms with Crippen LogP contribution in [-0.4, -0.2) is 36.2 Å². The van der Waals surface area contributed by atoms with Gasteiger partial charge in [-0.05, 0) is 67.6 Å². The molecule has 2 fully saturated rings. The van der Waals surface area contributed by atoms with Gasteiger partial charge in [0, 0.05) is 10.0 Å². The Kier molecular flexibility index (Phi) is 7.30. The number of anilines is 1. The van der Waals surface area contributed by atoms with Crippen molar-refractivity contribution < 1.29 is 28.7 Å². The highest BCUT2D eigenvalue weighted by Gasteiger charge is 2.50. The number of nitrogens with one attached hydrogen (secondary N) is 2. The number of nitrogens with zero attached hydrogens (tertiary/aromatic N) is 1. The first-order valence-corrected chi connectivity index (χ1v) is 12.0. The molecule has 9 nitrogen and oxygen atoms in total. The fourth-order valence-electron chi connectivity index (χ4n) is 4.47. The minimum Gasteiger partial charge on any atom is -0.452 e. The van der Waals surface area contributed by atoms with E-state index in [1.165, 1.54) is 12.1 Å². The molecule has 2 N–H and O–H groups in total. The number of rotatable bonds is 5. The fourth-order valence-corrected chi connectivity index (χ4v) is 4.73. The Morgan fingerprint density at radius 3 is 2.43 bits per heavy atom. The van der Waals surface area contributed by atoms with Gasteiger partial charge in [0.2, 0.25) is 11.8 Å². The third-order valence-electron chi connectivity index (χ3n) is 6.28. The minimum atomic E-state index is -0.800. The molecule has 10 heteroatoms. The molecule has 2 aliphatic rings. The molecule has 35 heavy (non-hydrogen) atoms. The number of hydrogen-bond donors (Lipinski definition) is 2. The van der Waals surface area contributed by atoms with Crippen LogP contribution in [0.2, 0.25) is 0 Å². The van der Waals surface area contributed by atoms with Gasteiger partial charge in [-0.1, -0.05) is 28.9 Å².